The van der Waals surface area contributed by atoms with Crippen molar-refractivity contribution in [3.63, 3.8) is 0 Å². The van der Waals surface area contributed by atoms with Crippen LogP contribution in [0.3, 0.4) is 0 Å². The van der Waals surface area contributed by atoms with Crippen LogP contribution < -0.4 is 10.6 Å². The van der Waals surface area contributed by atoms with Gasteiger partial charge in [-0.25, -0.2) is 0 Å². The number of nitrogens with one attached hydrogen (secondary N) is 2. The monoisotopic (exact) mass is 214 g/mol. The molecular formula is C12H26N2O. The van der Waals surface area contributed by atoms with Crippen molar-refractivity contribution >= 4 is 5.91 Å². The highest BCUT2D eigenvalue weighted by molar-refractivity contribution is 5.77. The Morgan fingerprint density at radius 2 is 1.73 bits per heavy atom. The first-order chi connectivity index (χ1) is 7.13. The summed E-state index contributed by atoms with van der Waals surface area (Å²) < 4.78 is 0. The highest BCUT2D eigenvalue weighted by Crippen LogP contribution is 2.04. The third-order valence-corrected chi connectivity index (χ3v) is 2.97. The van der Waals surface area contributed by atoms with Crippen molar-refractivity contribution in [2.45, 2.75) is 53.0 Å². The van der Waals surface area contributed by atoms with Crippen LogP contribution in [-0.2, 0) is 4.79 Å². The summed E-state index contributed by atoms with van der Waals surface area (Å²) >= 11 is 0. The van der Waals surface area contributed by atoms with E-state index in [4.69, 9.17) is 0 Å². The third-order valence-electron chi connectivity index (χ3n) is 2.97. The summed E-state index contributed by atoms with van der Waals surface area (Å²) in [6.07, 6.45) is 3.32. The minimum Gasteiger partial charge on any atom is -0.355 e. The molecule has 0 radical (unpaired) electrons. The molecule has 0 aromatic carbocycles. The van der Waals surface area contributed by atoms with Crippen molar-refractivity contribution in [3.05, 3.63) is 0 Å². The predicted molar refractivity (Wildman–Crippen MR) is 64.8 cm³/mol. The van der Waals surface area contributed by atoms with Gasteiger partial charge in [0, 0.05) is 12.6 Å². The smallest absolute Gasteiger partial charge is 0.233 e. The van der Waals surface area contributed by atoms with E-state index in [1.54, 1.807) is 0 Å². The van der Waals surface area contributed by atoms with Gasteiger partial charge in [-0.15, -0.1) is 0 Å². The molecule has 0 bridgehead atoms. The molecule has 0 aliphatic rings. The van der Waals surface area contributed by atoms with Gasteiger partial charge in [0.2, 0.25) is 5.91 Å². The van der Waals surface area contributed by atoms with Gasteiger partial charge < -0.3 is 10.6 Å². The molecule has 0 aliphatic carbocycles. The topological polar surface area (TPSA) is 41.1 Å². The van der Waals surface area contributed by atoms with E-state index in [9.17, 15) is 4.79 Å². The highest BCUT2D eigenvalue weighted by atomic mass is 16.1. The normalized spacial score (nSPS) is 12.9. The largest absolute Gasteiger partial charge is 0.355 e. The van der Waals surface area contributed by atoms with Crippen molar-refractivity contribution in [2.75, 3.05) is 13.1 Å². The molecule has 0 rings (SSSR count). The van der Waals surface area contributed by atoms with Gasteiger partial charge >= 0.3 is 0 Å². The number of rotatable bonds is 8. The minimum atomic E-state index is 0.113. The lowest BCUT2D eigenvalue weighted by Crippen LogP contribution is -2.39. The summed E-state index contributed by atoms with van der Waals surface area (Å²) in [6.45, 7) is 9.78. The van der Waals surface area contributed by atoms with Gasteiger partial charge in [0.25, 0.3) is 0 Å². The number of amides is 1. The molecule has 0 aliphatic heterocycles. The first kappa shape index (κ1) is 14.4. The van der Waals surface area contributed by atoms with E-state index < -0.39 is 0 Å². The van der Waals surface area contributed by atoms with Crippen LogP contribution in [0.5, 0.6) is 0 Å². The average molecular weight is 214 g/mol. The fourth-order valence-corrected chi connectivity index (χ4v) is 1.31. The second-order valence-corrected chi connectivity index (χ2v) is 4.18. The first-order valence-electron chi connectivity index (χ1n) is 6.14. The molecule has 1 unspecified atom stereocenters. The van der Waals surface area contributed by atoms with Crippen molar-refractivity contribution in [1.29, 1.82) is 0 Å². The number of carbonyl (C=O) groups is 1. The lowest BCUT2D eigenvalue weighted by atomic mass is 10.0. The van der Waals surface area contributed by atoms with Crippen LogP contribution in [0.1, 0.15) is 47.0 Å². The van der Waals surface area contributed by atoms with E-state index in [1.807, 2.05) is 0 Å². The van der Waals surface area contributed by atoms with Gasteiger partial charge in [-0.3, -0.25) is 4.79 Å². The van der Waals surface area contributed by atoms with Gasteiger partial charge in [-0.05, 0) is 19.3 Å². The molecule has 0 fully saturated rings. The van der Waals surface area contributed by atoms with Crippen LogP contribution in [0.15, 0.2) is 0 Å². The average Bonchev–Trinajstić information content (AvgIpc) is 2.27. The fraction of sp³-hybridized carbons (Fsp3) is 0.917. The lowest BCUT2D eigenvalue weighted by Gasteiger charge is -2.15. The van der Waals surface area contributed by atoms with Crippen LogP contribution in [0.2, 0.25) is 0 Å². The second-order valence-electron chi connectivity index (χ2n) is 4.18. The Kier molecular flexibility index (Phi) is 8.38. The zero-order valence-corrected chi connectivity index (χ0v) is 10.6. The SMILES string of the molecule is CCC(CC)CNC(=O)CNC(C)CC. The molecule has 0 aromatic heterocycles. The van der Waals surface area contributed by atoms with Gasteiger partial charge in [0.05, 0.1) is 6.54 Å². The van der Waals surface area contributed by atoms with Crippen LogP contribution in [0.4, 0.5) is 0 Å². The van der Waals surface area contributed by atoms with E-state index >= 15 is 0 Å². The van der Waals surface area contributed by atoms with Gasteiger partial charge in [-0.1, -0.05) is 33.6 Å². The van der Waals surface area contributed by atoms with Crippen molar-refractivity contribution in [2.24, 2.45) is 5.92 Å². The predicted octanol–water partition coefficient (Wildman–Crippen LogP) is 1.93. The van der Waals surface area contributed by atoms with E-state index in [2.05, 4.69) is 38.3 Å². The highest BCUT2D eigenvalue weighted by Gasteiger charge is 2.07. The second kappa shape index (κ2) is 8.72. The number of hydrogen-bond acceptors (Lipinski definition) is 2. The van der Waals surface area contributed by atoms with Crippen molar-refractivity contribution < 1.29 is 4.79 Å². The van der Waals surface area contributed by atoms with Crippen LogP contribution in [-0.4, -0.2) is 25.0 Å². The number of hydrogen-bond donors (Lipinski definition) is 2. The van der Waals surface area contributed by atoms with Gasteiger partial charge in [0.1, 0.15) is 0 Å². The molecule has 3 heteroatoms. The lowest BCUT2D eigenvalue weighted by molar-refractivity contribution is -0.120. The Bertz CT molecular complexity index is 167. The maximum atomic E-state index is 11.4. The Balaban J connectivity index is 3.56. The van der Waals surface area contributed by atoms with Crippen molar-refractivity contribution in [1.82, 2.24) is 10.6 Å². The molecule has 2 N–H and O–H groups in total. The molecule has 3 nitrogen and oxygen atoms in total. The van der Waals surface area contributed by atoms with E-state index in [-0.39, 0.29) is 5.91 Å². The quantitative estimate of drug-likeness (QED) is 0.648. The molecule has 0 saturated heterocycles. The van der Waals surface area contributed by atoms with Crippen LogP contribution in [0, 0.1) is 5.92 Å². The molecule has 90 valence electrons. The molecule has 15 heavy (non-hydrogen) atoms. The Hall–Kier alpha value is -0.570. The van der Waals surface area contributed by atoms with E-state index in [1.165, 1.54) is 0 Å². The van der Waals surface area contributed by atoms with E-state index in [0.29, 0.717) is 18.5 Å². The molecule has 1 amide bonds. The summed E-state index contributed by atoms with van der Waals surface area (Å²) in [4.78, 5) is 11.4. The molecule has 0 saturated carbocycles. The zero-order chi connectivity index (χ0) is 11.7. The van der Waals surface area contributed by atoms with Crippen molar-refractivity contribution in [3.8, 4) is 0 Å². The third kappa shape index (κ3) is 7.37. The minimum absolute atomic E-state index is 0.113. The standard InChI is InChI=1S/C12H26N2O/c1-5-10(4)13-9-12(15)14-8-11(6-2)7-3/h10-11,13H,5-9H2,1-4H3,(H,14,15). The molecule has 0 heterocycles. The zero-order valence-electron chi connectivity index (χ0n) is 10.6. The Morgan fingerprint density at radius 3 is 2.20 bits per heavy atom. The number of carbonyl (C=O) groups excluding carboxylic acids is 1. The molecule has 0 aromatic rings. The Morgan fingerprint density at radius 1 is 1.13 bits per heavy atom. The molecular weight excluding hydrogens is 188 g/mol. The molecule has 0 spiro atoms. The van der Waals surface area contributed by atoms with Gasteiger partial charge in [-0.2, -0.15) is 0 Å². The Labute approximate surface area is 94.0 Å². The van der Waals surface area contributed by atoms with E-state index in [0.717, 1.165) is 25.8 Å². The summed E-state index contributed by atoms with van der Waals surface area (Å²) in [7, 11) is 0. The summed E-state index contributed by atoms with van der Waals surface area (Å²) in [5.41, 5.74) is 0. The summed E-state index contributed by atoms with van der Waals surface area (Å²) in [6, 6.07) is 0.420. The van der Waals surface area contributed by atoms with Crippen LogP contribution >= 0.6 is 0 Å². The summed E-state index contributed by atoms with van der Waals surface area (Å²) in [5, 5.41) is 6.14. The maximum Gasteiger partial charge on any atom is 0.233 e. The first-order valence-corrected chi connectivity index (χ1v) is 6.14. The van der Waals surface area contributed by atoms with Crippen LogP contribution in [0.25, 0.3) is 0 Å². The maximum absolute atomic E-state index is 11.4. The fourth-order valence-electron chi connectivity index (χ4n) is 1.31. The molecule has 1 atom stereocenters. The van der Waals surface area contributed by atoms with Gasteiger partial charge in [0.15, 0.2) is 0 Å². The summed E-state index contributed by atoms with van der Waals surface area (Å²) in [5.74, 6) is 0.736.